The molecule has 0 amide bonds. The van der Waals surface area contributed by atoms with Gasteiger partial charge in [-0.1, -0.05) is 20.8 Å². The summed E-state index contributed by atoms with van der Waals surface area (Å²) in [6.45, 7) is 7.69. The summed E-state index contributed by atoms with van der Waals surface area (Å²) < 4.78 is 0.303. The summed E-state index contributed by atoms with van der Waals surface area (Å²) in [5.41, 5.74) is 3.54. The first kappa shape index (κ1) is 16.2. The van der Waals surface area contributed by atoms with Gasteiger partial charge in [0.1, 0.15) is 5.82 Å². The van der Waals surface area contributed by atoms with E-state index in [1.54, 1.807) is 12.4 Å². The number of anilines is 1. The minimum Gasteiger partial charge on any atom is -0.369 e. The maximum absolute atomic E-state index is 4.79. The van der Waals surface area contributed by atoms with E-state index < -0.39 is 0 Å². The summed E-state index contributed by atoms with van der Waals surface area (Å²) >= 11 is 1.97. The Bertz CT molecular complexity index is 665. The molecule has 0 spiro atoms. The number of hydrogen-bond acceptors (Lipinski definition) is 5. The fourth-order valence-corrected chi connectivity index (χ4v) is 3.55. The van der Waals surface area contributed by atoms with Gasteiger partial charge < -0.3 is 5.32 Å². The van der Waals surface area contributed by atoms with Crippen molar-refractivity contribution in [3.05, 3.63) is 35.8 Å². The predicted octanol–water partition coefficient (Wildman–Crippen LogP) is 3.97. The lowest BCUT2D eigenvalue weighted by Gasteiger charge is -2.18. The Morgan fingerprint density at radius 3 is 2.65 bits per heavy atom. The maximum atomic E-state index is 4.79. The van der Waals surface area contributed by atoms with E-state index >= 15 is 0 Å². The summed E-state index contributed by atoms with van der Waals surface area (Å²) in [6.07, 6.45) is 6.90. The Labute approximate surface area is 142 Å². The summed E-state index contributed by atoms with van der Waals surface area (Å²) in [5.74, 6) is 2.90. The molecule has 1 N–H and O–H groups in total. The van der Waals surface area contributed by atoms with E-state index in [-0.39, 0.29) is 0 Å². The molecule has 5 heteroatoms. The Morgan fingerprint density at radius 2 is 1.91 bits per heavy atom. The molecule has 4 nitrogen and oxygen atoms in total. The molecule has 1 aliphatic rings. The van der Waals surface area contributed by atoms with E-state index in [2.05, 4.69) is 31.1 Å². The van der Waals surface area contributed by atoms with Crippen molar-refractivity contribution in [2.24, 2.45) is 0 Å². The van der Waals surface area contributed by atoms with E-state index in [9.17, 15) is 0 Å². The zero-order chi connectivity index (χ0) is 16.3. The minimum absolute atomic E-state index is 0.303. The average molecular weight is 328 g/mol. The molecule has 0 fully saturated rings. The molecule has 0 unspecified atom stereocenters. The molecule has 0 saturated carbocycles. The number of aromatic nitrogens is 3. The molecule has 2 aromatic heterocycles. The maximum Gasteiger partial charge on any atom is 0.161 e. The van der Waals surface area contributed by atoms with Crippen LogP contribution in [0.4, 0.5) is 5.82 Å². The topological polar surface area (TPSA) is 50.7 Å². The van der Waals surface area contributed by atoms with Crippen molar-refractivity contribution < 1.29 is 0 Å². The fraction of sp³-hybridized carbons (Fsp3) is 0.500. The first-order valence-corrected chi connectivity index (χ1v) is 9.19. The van der Waals surface area contributed by atoms with Gasteiger partial charge in [-0.3, -0.25) is 4.98 Å². The number of aryl methyl sites for hydroxylation is 1. The SMILES string of the molecule is CC(C)(C)SCCNc1nc(-c2ccncc2)nc2c1CCC2. The smallest absolute Gasteiger partial charge is 0.161 e. The van der Waals surface area contributed by atoms with Crippen LogP contribution in [0, 0.1) is 0 Å². The van der Waals surface area contributed by atoms with Crippen LogP contribution in [0.3, 0.4) is 0 Å². The number of nitrogens with zero attached hydrogens (tertiary/aromatic N) is 3. The molecule has 0 atom stereocenters. The van der Waals surface area contributed by atoms with Gasteiger partial charge in [-0.15, -0.1) is 0 Å². The first-order valence-electron chi connectivity index (χ1n) is 8.21. The number of thioether (sulfide) groups is 1. The second kappa shape index (κ2) is 6.87. The molecule has 0 aromatic carbocycles. The molecule has 0 radical (unpaired) electrons. The number of fused-ring (bicyclic) bond motifs is 1. The lowest BCUT2D eigenvalue weighted by atomic mass is 10.2. The third kappa shape index (κ3) is 4.22. The van der Waals surface area contributed by atoms with Crippen LogP contribution in [0.15, 0.2) is 24.5 Å². The first-order chi connectivity index (χ1) is 11.0. The van der Waals surface area contributed by atoms with Gasteiger partial charge in [0.15, 0.2) is 5.82 Å². The quantitative estimate of drug-likeness (QED) is 0.842. The van der Waals surface area contributed by atoms with Gasteiger partial charge in [0.05, 0.1) is 0 Å². The molecule has 0 bridgehead atoms. The van der Waals surface area contributed by atoms with Crippen LogP contribution in [0.2, 0.25) is 0 Å². The van der Waals surface area contributed by atoms with Crippen molar-refractivity contribution in [3.8, 4) is 11.4 Å². The zero-order valence-corrected chi connectivity index (χ0v) is 14.9. The zero-order valence-electron chi connectivity index (χ0n) is 14.1. The molecule has 122 valence electrons. The van der Waals surface area contributed by atoms with Crippen LogP contribution in [-0.4, -0.2) is 32.0 Å². The molecule has 0 saturated heterocycles. The Morgan fingerprint density at radius 1 is 1.13 bits per heavy atom. The third-order valence-corrected chi connectivity index (χ3v) is 5.08. The Hall–Kier alpha value is -1.62. The Balaban J connectivity index is 1.78. The van der Waals surface area contributed by atoms with E-state index in [1.165, 1.54) is 17.7 Å². The third-order valence-electron chi connectivity index (χ3n) is 3.80. The molecule has 2 aromatic rings. The van der Waals surface area contributed by atoms with Crippen LogP contribution in [-0.2, 0) is 12.8 Å². The normalized spacial score (nSPS) is 13.9. The average Bonchev–Trinajstić information content (AvgIpc) is 3.00. The fourth-order valence-electron chi connectivity index (χ4n) is 2.74. The number of hydrogen-bond donors (Lipinski definition) is 1. The van der Waals surface area contributed by atoms with E-state index in [0.29, 0.717) is 4.75 Å². The van der Waals surface area contributed by atoms with Gasteiger partial charge in [0.25, 0.3) is 0 Å². The number of nitrogens with one attached hydrogen (secondary N) is 1. The van der Waals surface area contributed by atoms with Gasteiger partial charge in [-0.25, -0.2) is 9.97 Å². The van der Waals surface area contributed by atoms with Crippen molar-refractivity contribution in [3.63, 3.8) is 0 Å². The van der Waals surface area contributed by atoms with E-state index in [0.717, 1.165) is 42.3 Å². The van der Waals surface area contributed by atoms with Crippen LogP contribution >= 0.6 is 11.8 Å². The highest BCUT2D eigenvalue weighted by Crippen LogP contribution is 2.29. The highest BCUT2D eigenvalue weighted by atomic mass is 32.2. The highest BCUT2D eigenvalue weighted by molar-refractivity contribution is 8.00. The van der Waals surface area contributed by atoms with Crippen molar-refractivity contribution >= 4 is 17.6 Å². The summed E-state index contributed by atoms with van der Waals surface area (Å²) in [5, 5.41) is 3.54. The standard InChI is InChI=1S/C18H24N4S/c1-18(2,3)23-12-11-20-17-14-5-4-6-15(14)21-16(22-17)13-7-9-19-10-8-13/h7-10H,4-6,11-12H2,1-3H3,(H,20,21,22). The minimum atomic E-state index is 0.303. The lowest BCUT2D eigenvalue weighted by Crippen LogP contribution is -2.14. The molecule has 3 rings (SSSR count). The van der Waals surface area contributed by atoms with E-state index in [1.807, 2.05) is 23.9 Å². The molecule has 2 heterocycles. The van der Waals surface area contributed by atoms with Gasteiger partial charge >= 0.3 is 0 Å². The molecule has 1 aliphatic carbocycles. The number of rotatable bonds is 5. The molecule has 23 heavy (non-hydrogen) atoms. The van der Waals surface area contributed by atoms with Crippen molar-refractivity contribution in [1.29, 1.82) is 0 Å². The van der Waals surface area contributed by atoms with Crippen molar-refractivity contribution in [2.45, 2.75) is 44.8 Å². The van der Waals surface area contributed by atoms with Gasteiger partial charge in [-0.2, -0.15) is 11.8 Å². The predicted molar refractivity (Wildman–Crippen MR) is 98.0 cm³/mol. The van der Waals surface area contributed by atoms with Crippen LogP contribution < -0.4 is 5.32 Å². The summed E-state index contributed by atoms with van der Waals surface area (Å²) in [7, 11) is 0. The molecular formula is C18H24N4S. The van der Waals surface area contributed by atoms with Crippen LogP contribution in [0.25, 0.3) is 11.4 Å². The van der Waals surface area contributed by atoms with Crippen molar-refractivity contribution in [2.75, 3.05) is 17.6 Å². The molecular weight excluding hydrogens is 304 g/mol. The number of pyridine rings is 1. The van der Waals surface area contributed by atoms with Gasteiger partial charge in [0.2, 0.25) is 0 Å². The second-order valence-corrected chi connectivity index (χ2v) is 8.72. The van der Waals surface area contributed by atoms with Gasteiger partial charge in [0, 0.05) is 46.3 Å². The highest BCUT2D eigenvalue weighted by Gasteiger charge is 2.20. The lowest BCUT2D eigenvalue weighted by molar-refractivity contribution is 0.802. The van der Waals surface area contributed by atoms with E-state index in [4.69, 9.17) is 9.97 Å². The summed E-state index contributed by atoms with van der Waals surface area (Å²) in [6, 6.07) is 3.94. The van der Waals surface area contributed by atoms with Crippen LogP contribution in [0.5, 0.6) is 0 Å². The monoisotopic (exact) mass is 328 g/mol. The van der Waals surface area contributed by atoms with Crippen LogP contribution in [0.1, 0.15) is 38.4 Å². The van der Waals surface area contributed by atoms with Gasteiger partial charge in [-0.05, 0) is 31.4 Å². The van der Waals surface area contributed by atoms with Crippen molar-refractivity contribution in [1.82, 2.24) is 15.0 Å². The molecule has 0 aliphatic heterocycles. The largest absolute Gasteiger partial charge is 0.369 e. The second-order valence-electron chi connectivity index (χ2n) is 6.80. The Kier molecular flexibility index (Phi) is 4.85. The summed E-state index contributed by atoms with van der Waals surface area (Å²) in [4.78, 5) is 13.6.